The van der Waals surface area contributed by atoms with E-state index in [0.717, 1.165) is 34.4 Å². The molecule has 0 atom stereocenters. The van der Waals surface area contributed by atoms with E-state index in [1.165, 1.54) is 4.57 Å². The molecule has 0 saturated heterocycles. The summed E-state index contributed by atoms with van der Waals surface area (Å²) in [6.45, 7) is 3.16. The van der Waals surface area contributed by atoms with E-state index in [1.54, 1.807) is 42.8 Å². The van der Waals surface area contributed by atoms with E-state index in [9.17, 15) is 27.6 Å². The topological polar surface area (TPSA) is 78.0 Å². The molecule has 0 radical (unpaired) electrons. The number of anilines is 1. The minimum Gasteiger partial charge on any atom is -0.342 e. The van der Waals surface area contributed by atoms with Gasteiger partial charge in [-0.1, -0.05) is 12.1 Å². The fourth-order valence-corrected chi connectivity index (χ4v) is 3.82. The Labute approximate surface area is 191 Å². The van der Waals surface area contributed by atoms with Crippen LogP contribution in [0.15, 0.2) is 64.2 Å². The van der Waals surface area contributed by atoms with Crippen molar-refractivity contribution in [1.82, 2.24) is 13.7 Å². The molecular weight excluding hydrogens is 449 g/mol. The number of rotatable bonds is 4. The van der Waals surface area contributed by atoms with E-state index in [1.807, 2.05) is 13.0 Å². The Kier molecular flexibility index (Phi) is 5.68. The van der Waals surface area contributed by atoms with Gasteiger partial charge in [-0.15, -0.1) is 0 Å². The fourth-order valence-electron chi connectivity index (χ4n) is 3.82. The predicted molar refractivity (Wildman–Crippen MR) is 122 cm³/mol. The normalized spacial score (nSPS) is 11.7. The molecule has 2 aromatic carbocycles. The Morgan fingerprint density at radius 2 is 1.68 bits per heavy atom. The lowest BCUT2D eigenvalue weighted by Crippen LogP contribution is -2.41. The standard InChI is InChI=1S/C24H21F3N4O3/c1-14-5-4-6-18(11-14)31-22(33)21-19(12-15(2)29(21)3)30(23(31)34)13-20(32)28-17-9-7-16(8-10-17)24(25,26)27/h4-12H,13H2,1-3H3,(H,28,32). The van der Waals surface area contributed by atoms with Gasteiger partial charge in [0.2, 0.25) is 5.91 Å². The lowest BCUT2D eigenvalue weighted by molar-refractivity contribution is -0.137. The first-order valence-corrected chi connectivity index (χ1v) is 10.3. The maximum Gasteiger partial charge on any atom is 0.416 e. The van der Waals surface area contributed by atoms with Crippen LogP contribution in [0.5, 0.6) is 0 Å². The molecule has 0 aliphatic rings. The number of amides is 1. The van der Waals surface area contributed by atoms with Crippen molar-refractivity contribution in [2.45, 2.75) is 26.6 Å². The Bertz CT molecular complexity index is 1530. The average molecular weight is 470 g/mol. The number of carbonyl (C=O) groups is 1. The highest BCUT2D eigenvalue weighted by Gasteiger charge is 2.30. The van der Waals surface area contributed by atoms with Gasteiger partial charge >= 0.3 is 11.9 Å². The first-order valence-electron chi connectivity index (χ1n) is 10.3. The lowest BCUT2D eigenvalue weighted by Gasteiger charge is -2.14. The van der Waals surface area contributed by atoms with Crippen LogP contribution in [0.1, 0.15) is 16.8 Å². The molecule has 4 aromatic rings. The van der Waals surface area contributed by atoms with E-state index in [4.69, 9.17) is 0 Å². The molecule has 0 fully saturated rings. The summed E-state index contributed by atoms with van der Waals surface area (Å²) in [4.78, 5) is 39.4. The van der Waals surface area contributed by atoms with Crippen LogP contribution in [-0.2, 0) is 24.6 Å². The summed E-state index contributed by atoms with van der Waals surface area (Å²) in [6.07, 6.45) is -4.49. The second kappa shape index (κ2) is 8.36. The van der Waals surface area contributed by atoms with Crippen LogP contribution in [0, 0.1) is 13.8 Å². The van der Waals surface area contributed by atoms with Crippen LogP contribution >= 0.6 is 0 Å². The van der Waals surface area contributed by atoms with Crippen molar-refractivity contribution in [2.75, 3.05) is 5.32 Å². The number of carbonyl (C=O) groups excluding carboxylic acids is 1. The molecule has 2 heterocycles. The molecule has 0 bridgehead atoms. The first kappa shape index (κ1) is 23.1. The van der Waals surface area contributed by atoms with Gasteiger partial charge in [-0.2, -0.15) is 13.2 Å². The molecule has 0 unspecified atom stereocenters. The Balaban J connectivity index is 1.78. The van der Waals surface area contributed by atoms with Gasteiger partial charge < -0.3 is 9.88 Å². The smallest absolute Gasteiger partial charge is 0.342 e. The van der Waals surface area contributed by atoms with Gasteiger partial charge in [-0.25, -0.2) is 9.36 Å². The van der Waals surface area contributed by atoms with Crippen LogP contribution in [-0.4, -0.2) is 19.6 Å². The molecule has 1 N–H and O–H groups in total. The van der Waals surface area contributed by atoms with Crippen molar-refractivity contribution < 1.29 is 18.0 Å². The zero-order valence-corrected chi connectivity index (χ0v) is 18.6. The van der Waals surface area contributed by atoms with Crippen LogP contribution < -0.4 is 16.6 Å². The van der Waals surface area contributed by atoms with Crippen LogP contribution in [0.4, 0.5) is 18.9 Å². The van der Waals surface area contributed by atoms with Crippen molar-refractivity contribution in [3.05, 3.63) is 92.3 Å². The molecule has 0 aliphatic carbocycles. The molecule has 176 valence electrons. The second-order valence-corrected chi connectivity index (χ2v) is 8.05. The SMILES string of the molecule is Cc1cccc(-n2c(=O)c3c(cc(C)n3C)n(CC(=O)Nc3ccc(C(F)(F)F)cc3)c2=O)c1. The number of hydrogen-bond acceptors (Lipinski definition) is 3. The lowest BCUT2D eigenvalue weighted by atomic mass is 10.2. The van der Waals surface area contributed by atoms with Crippen LogP contribution in [0.3, 0.4) is 0 Å². The summed E-state index contributed by atoms with van der Waals surface area (Å²) in [6, 6.07) is 12.5. The zero-order chi connectivity index (χ0) is 24.8. The highest BCUT2D eigenvalue weighted by Crippen LogP contribution is 2.29. The quantitative estimate of drug-likeness (QED) is 0.493. The van der Waals surface area contributed by atoms with Gasteiger partial charge in [0.1, 0.15) is 12.1 Å². The molecule has 1 amide bonds. The zero-order valence-electron chi connectivity index (χ0n) is 18.6. The number of aryl methyl sites for hydroxylation is 3. The summed E-state index contributed by atoms with van der Waals surface area (Å²) < 4.78 is 42.2. The summed E-state index contributed by atoms with van der Waals surface area (Å²) in [5.41, 5.74) is 0.572. The van der Waals surface area contributed by atoms with Gasteiger partial charge in [0, 0.05) is 18.4 Å². The van der Waals surface area contributed by atoms with E-state index >= 15 is 0 Å². The molecule has 0 spiro atoms. The van der Waals surface area contributed by atoms with E-state index in [2.05, 4.69) is 5.32 Å². The molecule has 34 heavy (non-hydrogen) atoms. The number of alkyl halides is 3. The summed E-state index contributed by atoms with van der Waals surface area (Å²) in [7, 11) is 1.69. The maximum absolute atomic E-state index is 13.4. The van der Waals surface area contributed by atoms with E-state index in [-0.39, 0.29) is 11.2 Å². The monoisotopic (exact) mass is 470 g/mol. The Morgan fingerprint density at radius 1 is 1.00 bits per heavy atom. The third-order valence-corrected chi connectivity index (χ3v) is 5.63. The minimum absolute atomic E-state index is 0.151. The van der Waals surface area contributed by atoms with Crippen molar-refractivity contribution in [1.29, 1.82) is 0 Å². The van der Waals surface area contributed by atoms with Crippen molar-refractivity contribution >= 4 is 22.6 Å². The van der Waals surface area contributed by atoms with Crippen LogP contribution in [0.25, 0.3) is 16.7 Å². The molecular formula is C24H21F3N4O3. The molecule has 0 aliphatic heterocycles. The Hall–Kier alpha value is -4.08. The fraction of sp³-hybridized carbons (Fsp3) is 0.208. The number of aromatic nitrogens is 3. The van der Waals surface area contributed by atoms with Gasteiger partial charge in [-0.3, -0.25) is 14.2 Å². The number of fused-ring (bicyclic) bond motifs is 1. The minimum atomic E-state index is -4.49. The summed E-state index contributed by atoms with van der Waals surface area (Å²) in [5, 5.41) is 2.51. The number of nitrogens with zero attached hydrogens (tertiary/aromatic N) is 3. The van der Waals surface area contributed by atoms with Gasteiger partial charge in [0.25, 0.3) is 5.56 Å². The number of hydrogen-bond donors (Lipinski definition) is 1. The molecule has 10 heteroatoms. The second-order valence-electron chi connectivity index (χ2n) is 8.05. The third-order valence-electron chi connectivity index (χ3n) is 5.63. The van der Waals surface area contributed by atoms with Gasteiger partial charge in [-0.05, 0) is 61.9 Å². The predicted octanol–water partition coefficient (Wildman–Crippen LogP) is 3.77. The number of nitrogens with one attached hydrogen (secondary N) is 1. The maximum atomic E-state index is 13.4. The van der Waals surface area contributed by atoms with Crippen molar-refractivity contribution in [2.24, 2.45) is 7.05 Å². The largest absolute Gasteiger partial charge is 0.416 e. The number of halogens is 3. The molecule has 0 saturated carbocycles. The molecule has 2 aromatic heterocycles. The van der Waals surface area contributed by atoms with Crippen molar-refractivity contribution in [3.8, 4) is 5.69 Å². The van der Waals surface area contributed by atoms with E-state index in [0.29, 0.717) is 16.9 Å². The third kappa shape index (κ3) is 4.14. The van der Waals surface area contributed by atoms with Crippen LogP contribution in [0.2, 0.25) is 0 Å². The highest BCUT2D eigenvalue weighted by atomic mass is 19.4. The molecule has 7 nitrogen and oxygen atoms in total. The summed E-state index contributed by atoms with van der Waals surface area (Å²) in [5.74, 6) is -0.626. The first-order chi connectivity index (χ1) is 16.0. The van der Waals surface area contributed by atoms with Crippen molar-refractivity contribution in [3.63, 3.8) is 0 Å². The Morgan fingerprint density at radius 3 is 2.29 bits per heavy atom. The van der Waals surface area contributed by atoms with Gasteiger partial charge in [0.05, 0.1) is 16.8 Å². The summed E-state index contributed by atoms with van der Waals surface area (Å²) >= 11 is 0. The highest BCUT2D eigenvalue weighted by molar-refractivity contribution is 5.91. The average Bonchev–Trinajstić information content (AvgIpc) is 3.05. The van der Waals surface area contributed by atoms with E-state index < -0.39 is 35.4 Å². The molecule has 4 rings (SSSR count). The van der Waals surface area contributed by atoms with Gasteiger partial charge in [0.15, 0.2) is 0 Å². The number of benzene rings is 2.